The van der Waals surface area contributed by atoms with E-state index in [2.05, 4.69) is 46.0 Å². The highest BCUT2D eigenvalue weighted by molar-refractivity contribution is 6.74. The molecule has 7 aromatic rings. The monoisotopic (exact) mass is 1260 g/mol. The molecule has 7 aromatic carbocycles. The molecule has 15 nitrogen and oxygen atoms in total. The highest BCUT2D eigenvalue weighted by atomic mass is 28.4. The molecule has 0 radical (unpaired) electrons. The van der Waals surface area contributed by atoms with Crippen molar-refractivity contribution in [2.24, 2.45) is 5.92 Å². The molecule has 16 heteroatoms. The van der Waals surface area contributed by atoms with E-state index in [-0.39, 0.29) is 50.8 Å². The minimum Gasteiger partial charge on any atom is -0.463 e. The Hall–Kier alpha value is -7.35. The zero-order valence-electron chi connectivity index (χ0n) is 53.3. The molecule has 0 unspecified atom stereocenters. The van der Waals surface area contributed by atoms with Gasteiger partial charge in [-0.2, -0.15) is 0 Å². The van der Waals surface area contributed by atoms with Crippen molar-refractivity contribution in [2.75, 3.05) is 26.4 Å². The minimum absolute atomic E-state index is 0.0189. The van der Waals surface area contributed by atoms with Gasteiger partial charge in [0.2, 0.25) is 0 Å². The Morgan fingerprint density at radius 3 is 1.52 bits per heavy atom. The second-order valence-corrected chi connectivity index (χ2v) is 29.6. The topological polar surface area (TPSA) is 156 Å². The highest BCUT2D eigenvalue weighted by Gasteiger charge is 2.57. The molecule has 482 valence electrons. The number of benzene rings is 7. The van der Waals surface area contributed by atoms with E-state index in [9.17, 15) is 14.4 Å². The first-order valence-corrected chi connectivity index (χ1v) is 34.7. The third kappa shape index (κ3) is 20.6. The standard InChI is InChI=1S/C75H89NO14Si/c1-55(77)82-54-65-67(84-51-60-39-23-11-24-40-60)69(90-91(5,6)75(2,3)4)70(88-71(78)62-43-27-13-28-44-62)73(87-65)89-68-64(53-80-49-58-35-19-9-20-36-58)86-72(63(47-56-31-15-7-16-32-56)66(68)83-50-59-37-21-10-22-38-59)81-46-30-14-29-45-76(48-57-33-17-8-18-34-57)74(79)85-52-61-41-25-12-26-42-61/h7-13,15-28,31-44,63-70,72-73H,14,29-30,45-54H2,1-6H3/t63-,64-,65-,66-,67+,68-,69+,70-,72-,73+/m1/s1. The average Bonchev–Trinajstić information content (AvgIpc) is 1.01. The number of hydrogen-bond acceptors (Lipinski definition) is 14. The molecule has 2 heterocycles. The van der Waals surface area contributed by atoms with E-state index in [1.54, 1.807) is 29.2 Å². The fourth-order valence-corrected chi connectivity index (χ4v) is 12.3. The van der Waals surface area contributed by atoms with Crippen LogP contribution in [0.4, 0.5) is 4.79 Å². The quantitative estimate of drug-likeness (QED) is 0.0175. The molecule has 10 atom stereocenters. The molecule has 0 saturated carbocycles. The molecule has 2 saturated heterocycles. The second-order valence-electron chi connectivity index (χ2n) is 24.8. The normalized spacial score (nSPS) is 21.7. The summed E-state index contributed by atoms with van der Waals surface area (Å²) in [5.41, 5.74) is 6.01. The number of nitrogens with zero attached hydrogens (tertiary/aromatic N) is 1. The summed E-state index contributed by atoms with van der Waals surface area (Å²) in [6.07, 6.45) is -7.06. The second kappa shape index (κ2) is 34.3. The van der Waals surface area contributed by atoms with Crippen LogP contribution in [-0.4, -0.2) is 113 Å². The average molecular weight is 1260 g/mol. The lowest BCUT2D eigenvalue weighted by atomic mass is 9.85. The van der Waals surface area contributed by atoms with Crippen LogP contribution in [0.25, 0.3) is 0 Å². The molecule has 2 aliphatic rings. The summed E-state index contributed by atoms with van der Waals surface area (Å²) in [4.78, 5) is 43.1. The van der Waals surface area contributed by atoms with E-state index < -0.39 is 81.5 Å². The van der Waals surface area contributed by atoms with E-state index in [0.717, 1.165) is 39.8 Å². The van der Waals surface area contributed by atoms with Gasteiger partial charge in [-0.15, -0.1) is 0 Å². The first-order chi connectivity index (χ1) is 44.2. The molecule has 2 aliphatic heterocycles. The Bertz CT molecular complexity index is 3240. The summed E-state index contributed by atoms with van der Waals surface area (Å²) in [6.45, 7) is 13.8. The van der Waals surface area contributed by atoms with Gasteiger partial charge in [0, 0.05) is 32.5 Å². The van der Waals surface area contributed by atoms with Gasteiger partial charge in [0.1, 0.15) is 43.7 Å². The molecular formula is C75H89NO14Si. The van der Waals surface area contributed by atoms with E-state index >= 15 is 0 Å². The van der Waals surface area contributed by atoms with Gasteiger partial charge in [0.25, 0.3) is 0 Å². The first kappa shape index (κ1) is 68.0. The molecule has 0 N–H and O–H groups in total. The molecule has 9 rings (SSSR count). The molecule has 0 aromatic heterocycles. The van der Waals surface area contributed by atoms with E-state index in [0.29, 0.717) is 44.5 Å². The van der Waals surface area contributed by atoms with Crippen molar-refractivity contribution in [2.45, 2.75) is 160 Å². The van der Waals surface area contributed by atoms with E-state index in [4.69, 9.17) is 51.8 Å². The lowest BCUT2D eigenvalue weighted by molar-refractivity contribution is -0.360. The van der Waals surface area contributed by atoms with Gasteiger partial charge in [-0.1, -0.05) is 221 Å². The number of unbranched alkanes of at least 4 members (excludes halogenated alkanes) is 2. The summed E-state index contributed by atoms with van der Waals surface area (Å²) in [5, 5.41) is -0.335. The van der Waals surface area contributed by atoms with Crippen molar-refractivity contribution in [3.63, 3.8) is 0 Å². The van der Waals surface area contributed by atoms with Crippen LogP contribution >= 0.6 is 0 Å². The molecular weight excluding hydrogens is 1170 g/mol. The van der Waals surface area contributed by atoms with Crippen LogP contribution in [0.3, 0.4) is 0 Å². The zero-order chi connectivity index (χ0) is 63.8. The number of amides is 1. The fourth-order valence-electron chi connectivity index (χ4n) is 11.0. The minimum atomic E-state index is -2.82. The van der Waals surface area contributed by atoms with Crippen molar-refractivity contribution in [1.82, 2.24) is 4.90 Å². The van der Waals surface area contributed by atoms with Crippen LogP contribution in [0, 0.1) is 5.92 Å². The Labute approximate surface area is 538 Å². The molecule has 1 amide bonds. The number of carbonyl (C=O) groups is 3. The fraction of sp³-hybridized carbons (Fsp3) is 0.400. The molecule has 0 spiro atoms. The van der Waals surface area contributed by atoms with E-state index in [1.165, 1.54) is 6.92 Å². The summed E-state index contributed by atoms with van der Waals surface area (Å²) >= 11 is 0. The highest BCUT2D eigenvalue weighted by Crippen LogP contribution is 2.43. The lowest BCUT2D eigenvalue weighted by Crippen LogP contribution is -2.67. The number of rotatable bonds is 31. The van der Waals surface area contributed by atoms with Gasteiger partial charge in [0.05, 0.1) is 38.1 Å². The number of carbonyl (C=O) groups excluding carboxylic acids is 3. The van der Waals surface area contributed by atoms with Crippen LogP contribution in [0.2, 0.25) is 18.1 Å². The summed E-state index contributed by atoms with van der Waals surface area (Å²) < 4.78 is 75.8. The van der Waals surface area contributed by atoms with Crippen molar-refractivity contribution in [3.05, 3.63) is 251 Å². The van der Waals surface area contributed by atoms with Gasteiger partial charge in [-0.05, 0) is 89.3 Å². The van der Waals surface area contributed by atoms with Gasteiger partial charge >= 0.3 is 18.0 Å². The van der Waals surface area contributed by atoms with Crippen molar-refractivity contribution in [3.8, 4) is 0 Å². The van der Waals surface area contributed by atoms with Crippen LogP contribution in [-0.2, 0) is 96.0 Å². The Kier molecular flexibility index (Phi) is 25.7. The largest absolute Gasteiger partial charge is 0.463 e. The zero-order valence-corrected chi connectivity index (χ0v) is 54.3. The third-order valence-corrected chi connectivity index (χ3v) is 21.4. The Morgan fingerprint density at radius 1 is 0.484 bits per heavy atom. The molecule has 2 fully saturated rings. The summed E-state index contributed by atoms with van der Waals surface area (Å²) in [7, 11) is -2.82. The summed E-state index contributed by atoms with van der Waals surface area (Å²) in [5.74, 6) is -1.67. The number of hydrogen-bond donors (Lipinski definition) is 0. The lowest BCUT2D eigenvalue weighted by Gasteiger charge is -2.52. The maximum atomic E-state index is 14.8. The number of esters is 2. The van der Waals surface area contributed by atoms with Crippen molar-refractivity contribution >= 4 is 26.3 Å². The smallest absolute Gasteiger partial charge is 0.410 e. The molecule has 0 aliphatic carbocycles. The van der Waals surface area contributed by atoms with Gasteiger partial charge < -0.3 is 56.7 Å². The van der Waals surface area contributed by atoms with Crippen molar-refractivity contribution < 1.29 is 66.2 Å². The summed E-state index contributed by atoms with van der Waals surface area (Å²) in [6, 6.07) is 68.1. The van der Waals surface area contributed by atoms with Gasteiger partial charge in [-0.25, -0.2) is 9.59 Å². The van der Waals surface area contributed by atoms with Crippen LogP contribution in [0.15, 0.2) is 212 Å². The predicted octanol–water partition coefficient (Wildman–Crippen LogP) is 14.3. The predicted molar refractivity (Wildman–Crippen MR) is 350 cm³/mol. The molecule has 0 bridgehead atoms. The SMILES string of the molecule is CC(=O)OC[C@H]1O[C@@H](O[C@H]2[C@H](OCc3ccccc3)[C@@H](Cc3ccccc3)[C@H](OCCCCCN(Cc3ccccc3)C(=O)OCc3ccccc3)O[C@@H]2COCc2ccccc2)[C@H](OC(=O)c2ccccc2)[C@@H](O[Si](C)(C)C(C)(C)C)[C@H]1OCc1ccccc1. The maximum absolute atomic E-state index is 14.8. The van der Waals surface area contributed by atoms with Gasteiger partial charge in [-0.3, -0.25) is 4.79 Å². The Morgan fingerprint density at radius 2 is 0.967 bits per heavy atom. The number of ether oxygens (including phenoxy) is 10. The van der Waals surface area contributed by atoms with Crippen LogP contribution in [0.5, 0.6) is 0 Å². The van der Waals surface area contributed by atoms with E-state index in [1.807, 2.05) is 176 Å². The first-order valence-electron chi connectivity index (χ1n) is 31.8. The maximum Gasteiger partial charge on any atom is 0.410 e. The molecule has 91 heavy (non-hydrogen) atoms. The van der Waals surface area contributed by atoms with Crippen molar-refractivity contribution in [1.29, 1.82) is 0 Å². The Balaban J connectivity index is 1.07. The van der Waals surface area contributed by atoms with Crippen LogP contribution in [0.1, 0.15) is 90.7 Å². The van der Waals surface area contributed by atoms with Gasteiger partial charge in [0.15, 0.2) is 27.0 Å². The third-order valence-electron chi connectivity index (χ3n) is 16.9. The van der Waals surface area contributed by atoms with Crippen LogP contribution < -0.4 is 0 Å².